The summed E-state index contributed by atoms with van der Waals surface area (Å²) in [6.45, 7) is 3.97. The van der Waals surface area contributed by atoms with Gasteiger partial charge in [0.05, 0.1) is 17.7 Å². The number of halogens is 2. The van der Waals surface area contributed by atoms with Gasteiger partial charge in [0.15, 0.2) is 0 Å². The van der Waals surface area contributed by atoms with Crippen LogP contribution in [-0.4, -0.2) is 82.2 Å². The molecule has 2 aromatic carbocycles. The molecule has 0 unspecified atom stereocenters. The molecule has 1 N–H and O–H groups in total. The van der Waals surface area contributed by atoms with Crippen molar-refractivity contribution >= 4 is 45.8 Å². The molecule has 3 heterocycles. The minimum absolute atomic E-state index is 0.0747. The number of carbonyl (C=O) groups is 1. The van der Waals surface area contributed by atoms with E-state index in [4.69, 9.17) is 23.2 Å². The Balaban J connectivity index is 1.25. The summed E-state index contributed by atoms with van der Waals surface area (Å²) < 4.78 is 0. The molecule has 1 amide bonds. The summed E-state index contributed by atoms with van der Waals surface area (Å²) in [5.41, 5.74) is 1.41. The molecular formula is C23H23Cl2N5O2. The SMILES string of the molecule is O=C(c1ccc(Cl)cc1)N1C[C@@H](O)[C@H](N2CCN(c3ncnc4cc(Cl)ccc34)CC2)C1. The lowest BCUT2D eigenvalue weighted by Gasteiger charge is -2.39. The molecule has 0 bridgehead atoms. The summed E-state index contributed by atoms with van der Waals surface area (Å²) in [5, 5.41) is 12.9. The van der Waals surface area contributed by atoms with Crippen LogP contribution in [0.4, 0.5) is 5.82 Å². The first-order valence-corrected chi connectivity index (χ1v) is 11.4. The number of aliphatic hydroxyl groups is 1. The number of hydrogen-bond donors (Lipinski definition) is 1. The predicted molar refractivity (Wildman–Crippen MR) is 125 cm³/mol. The minimum Gasteiger partial charge on any atom is -0.390 e. The third-order valence-electron chi connectivity index (χ3n) is 6.30. The molecule has 2 aliphatic heterocycles. The molecule has 166 valence electrons. The summed E-state index contributed by atoms with van der Waals surface area (Å²) in [4.78, 5) is 27.9. The van der Waals surface area contributed by atoms with Crippen molar-refractivity contribution in [3.63, 3.8) is 0 Å². The van der Waals surface area contributed by atoms with Crippen molar-refractivity contribution in [3.05, 3.63) is 64.4 Å². The highest BCUT2D eigenvalue weighted by molar-refractivity contribution is 6.31. The van der Waals surface area contributed by atoms with Gasteiger partial charge in [-0.25, -0.2) is 9.97 Å². The second-order valence-electron chi connectivity index (χ2n) is 8.23. The fourth-order valence-electron chi connectivity index (χ4n) is 4.60. The van der Waals surface area contributed by atoms with Crippen LogP contribution >= 0.6 is 23.2 Å². The molecule has 2 saturated heterocycles. The van der Waals surface area contributed by atoms with Gasteiger partial charge in [-0.05, 0) is 42.5 Å². The molecule has 2 aliphatic rings. The molecule has 0 radical (unpaired) electrons. The lowest BCUT2D eigenvalue weighted by Crippen LogP contribution is -2.54. The summed E-state index contributed by atoms with van der Waals surface area (Å²) in [6.07, 6.45) is 1.00. The quantitative estimate of drug-likeness (QED) is 0.632. The van der Waals surface area contributed by atoms with Gasteiger partial charge in [-0.1, -0.05) is 23.2 Å². The van der Waals surface area contributed by atoms with Crippen LogP contribution in [0.3, 0.4) is 0 Å². The van der Waals surface area contributed by atoms with E-state index in [1.807, 2.05) is 18.2 Å². The first-order valence-electron chi connectivity index (χ1n) is 10.6. The van der Waals surface area contributed by atoms with Gasteiger partial charge in [0.25, 0.3) is 5.91 Å². The summed E-state index contributed by atoms with van der Waals surface area (Å²) >= 11 is 12.0. The van der Waals surface area contributed by atoms with Gasteiger partial charge < -0.3 is 14.9 Å². The number of anilines is 1. The van der Waals surface area contributed by atoms with Crippen LogP contribution in [0.2, 0.25) is 10.0 Å². The molecule has 2 atom stereocenters. The molecule has 0 aliphatic carbocycles. The number of rotatable bonds is 3. The van der Waals surface area contributed by atoms with Crippen molar-refractivity contribution in [2.24, 2.45) is 0 Å². The Labute approximate surface area is 196 Å². The van der Waals surface area contributed by atoms with Gasteiger partial charge in [-0.15, -0.1) is 0 Å². The van der Waals surface area contributed by atoms with Gasteiger partial charge in [0, 0.05) is 60.3 Å². The van der Waals surface area contributed by atoms with E-state index in [-0.39, 0.29) is 11.9 Å². The highest BCUT2D eigenvalue weighted by Gasteiger charge is 2.39. The fraction of sp³-hybridized carbons (Fsp3) is 0.348. The molecule has 0 spiro atoms. The van der Waals surface area contributed by atoms with Gasteiger partial charge in [0.1, 0.15) is 12.1 Å². The van der Waals surface area contributed by atoms with E-state index < -0.39 is 6.10 Å². The van der Waals surface area contributed by atoms with Crippen LogP contribution < -0.4 is 4.90 Å². The van der Waals surface area contributed by atoms with Gasteiger partial charge in [-0.2, -0.15) is 0 Å². The first kappa shape index (κ1) is 21.4. The van der Waals surface area contributed by atoms with Crippen molar-refractivity contribution < 1.29 is 9.90 Å². The van der Waals surface area contributed by atoms with E-state index in [0.29, 0.717) is 28.7 Å². The Kier molecular flexibility index (Phi) is 5.90. The van der Waals surface area contributed by atoms with E-state index in [1.54, 1.807) is 35.5 Å². The Hall–Kier alpha value is -2.45. The highest BCUT2D eigenvalue weighted by atomic mass is 35.5. The fourth-order valence-corrected chi connectivity index (χ4v) is 4.89. The number of likely N-dealkylation sites (tertiary alicyclic amines) is 1. The number of aliphatic hydroxyl groups excluding tert-OH is 1. The number of benzene rings is 2. The summed E-state index contributed by atoms with van der Waals surface area (Å²) in [6, 6.07) is 12.5. The molecule has 9 heteroatoms. The molecule has 1 aromatic heterocycles. The van der Waals surface area contributed by atoms with Crippen molar-refractivity contribution in [2.75, 3.05) is 44.2 Å². The van der Waals surface area contributed by atoms with Gasteiger partial charge >= 0.3 is 0 Å². The van der Waals surface area contributed by atoms with E-state index in [1.165, 1.54) is 0 Å². The van der Waals surface area contributed by atoms with Crippen molar-refractivity contribution in [2.45, 2.75) is 12.1 Å². The topological polar surface area (TPSA) is 72.8 Å². The first-order chi connectivity index (χ1) is 15.5. The van der Waals surface area contributed by atoms with Crippen LogP contribution in [-0.2, 0) is 0 Å². The number of carbonyl (C=O) groups excluding carboxylic acids is 1. The molecule has 2 fully saturated rings. The van der Waals surface area contributed by atoms with Gasteiger partial charge in [-0.3, -0.25) is 9.69 Å². The molecule has 5 rings (SSSR count). The van der Waals surface area contributed by atoms with Crippen molar-refractivity contribution in [1.82, 2.24) is 19.8 Å². The number of amides is 1. The summed E-state index contributed by atoms with van der Waals surface area (Å²) in [7, 11) is 0. The number of piperazine rings is 1. The van der Waals surface area contributed by atoms with Crippen LogP contribution in [0.15, 0.2) is 48.8 Å². The van der Waals surface area contributed by atoms with Crippen molar-refractivity contribution in [1.29, 1.82) is 0 Å². The molecule has 0 saturated carbocycles. The van der Waals surface area contributed by atoms with Crippen LogP contribution in [0.1, 0.15) is 10.4 Å². The Morgan fingerprint density at radius 2 is 1.66 bits per heavy atom. The van der Waals surface area contributed by atoms with E-state index in [0.717, 1.165) is 42.9 Å². The number of nitrogens with zero attached hydrogens (tertiary/aromatic N) is 5. The number of hydrogen-bond acceptors (Lipinski definition) is 6. The highest BCUT2D eigenvalue weighted by Crippen LogP contribution is 2.27. The second-order valence-corrected chi connectivity index (χ2v) is 9.11. The smallest absolute Gasteiger partial charge is 0.253 e. The lowest BCUT2D eigenvalue weighted by atomic mass is 10.1. The van der Waals surface area contributed by atoms with E-state index in [2.05, 4.69) is 19.8 Å². The zero-order chi connectivity index (χ0) is 22.2. The van der Waals surface area contributed by atoms with E-state index >= 15 is 0 Å². The average Bonchev–Trinajstić information content (AvgIpc) is 3.20. The maximum atomic E-state index is 12.8. The van der Waals surface area contributed by atoms with Crippen LogP contribution in [0.25, 0.3) is 10.9 Å². The normalized spacial score (nSPS) is 22.0. The zero-order valence-corrected chi connectivity index (χ0v) is 18.9. The van der Waals surface area contributed by atoms with Gasteiger partial charge in [0.2, 0.25) is 0 Å². The predicted octanol–water partition coefficient (Wildman–Crippen LogP) is 2.94. The Morgan fingerprint density at radius 1 is 0.938 bits per heavy atom. The second kappa shape index (κ2) is 8.83. The molecule has 7 nitrogen and oxygen atoms in total. The maximum Gasteiger partial charge on any atom is 0.253 e. The third kappa shape index (κ3) is 4.13. The minimum atomic E-state index is -0.570. The average molecular weight is 472 g/mol. The largest absolute Gasteiger partial charge is 0.390 e. The third-order valence-corrected chi connectivity index (χ3v) is 6.78. The van der Waals surface area contributed by atoms with Crippen molar-refractivity contribution in [3.8, 4) is 0 Å². The zero-order valence-electron chi connectivity index (χ0n) is 17.4. The van der Waals surface area contributed by atoms with E-state index in [9.17, 15) is 9.90 Å². The lowest BCUT2D eigenvalue weighted by molar-refractivity contribution is 0.0754. The van der Waals surface area contributed by atoms with Crippen LogP contribution in [0.5, 0.6) is 0 Å². The Bertz CT molecular complexity index is 1130. The number of aromatic nitrogens is 2. The summed E-state index contributed by atoms with van der Waals surface area (Å²) in [5.74, 6) is 0.825. The van der Waals surface area contributed by atoms with Crippen LogP contribution in [0, 0.1) is 0 Å². The Morgan fingerprint density at radius 3 is 2.41 bits per heavy atom. The standard InChI is InChI=1S/C23H23Cl2N5O2/c24-16-3-1-15(2-4-16)23(32)30-12-20(21(31)13-30)28-7-9-29(10-8-28)22-18-6-5-17(25)11-19(18)26-14-27-22/h1-6,11,14,20-21,31H,7-10,12-13H2/t20-,21-/m1/s1. The molecule has 32 heavy (non-hydrogen) atoms. The molecular weight excluding hydrogens is 449 g/mol. The monoisotopic (exact) mass is 471 g/mol. The number of β-amino-alcohol motifs (C(OH)–C–C–N with tert-alkyl or cyclic N) is 1. The molecule has 3 aromatic rings. The number of fused-ring (bicyclic) bond motifs is 1. The maximum absolute atomic E-state index is 12.8.